The molecule has 0 spiro atoms. The Hall–Kier alpha value is -2.82. The van der Waals surface area contributed by atoms with Crippen LogP contribution in [0.3, 0.4) is 0 Å². The predicted octanol–water partition coefficient (Wildman–Crippen LogP) is 3.97. The molecule has 0 heterocycles. The first-order valence-corrected chi connectivity index (χ1v) is 8.18. The zero-order valence-corrected chi connectivity index (χ0v) is 15.2. The molecule has 0 atom stereocenters. The van der Waals surface area contributed by atoms with Gasteiger partial charge in [-0.2, -0.15) is 0 Å². The van der Waals surface area contributed by atoms with Crippen molar-refractivity contribution in [2.45, 2.75) is 20.5 Å². The number of rotatable bonds is 7. The fourth-order valence-corrected chi connectivity index (χ4v) is 2.07. The Bertz CT molecular complexity index is 739. The summed E-state index contributed by atoms with van der Waals surface area (Å²) in [5, 5.41) is 0. The number of carbonyl (C=O) groups is 1. The smallest absolute Gasteiger partial charge is 0.338 e. The highest BCUT2D eigenvalue weighted by molar-refractivity contribution is 5.90. The van der Waals surface area contributed by atoms with Crippen LogP contribution in [0.25, 0.3) is 0 Å². The summed E-state index contributed by atoms with van der Waals surface area (Å²) >= 11 is 0. The second-order valence-electron chi connectivity index (χ2n) is 5.77. The highest BCUT2D eigenvalue weighted by Gasteiger charge is 2.11. The van der Waals surface area contributed by atoms with Crippen molar-refractivity contribution in [1.29, 1.82) is 0 Å². The number of methoxy groups -OCH3 is 1. The lowest BCUT2D eigenvalue weighted by Crippen LogP contribution is -2.14. The van der Waals surface area contributed by atoms with Crippen molar-refractivity contribution < 1.29 is 14.3 Å². The average Bonchev–Trinajstić information content (AvgIpc) is 2.65. The van der Waals surface area contributed by atoms with Crippen molar-refractivity contribution in [3.05, 3.63) is 59.2 Å². The number of hydrogen-bond donors (Lipinski definition) is 0. The molecule has 0 saturated carbocycles. The molecule has 0 aromatic heterocycles. The average molecular weight is 340 g/mol. The van der Waals surface area contributed by atoms with Crippen LogP contribution in [0.5, 0.6) is 5.75 Å². The Morgan fingerprint density at radius 2 is 1.92 bits per heavy atom. The van der Waals surface area contributed by atoms with E-state index in [4.69, 9.17) is 9.47 Å². The van der Waals surface area contributed by atoms with Gasteiger partial charge in [0, 0.05) is 13.6 Å². The van der Waals surface area contributed by atoms with Crippen LogP contribution in [-0.2, 0) is 11.3 Å². The van der Waals surface area contributed by atoms with E-state index in [1.807, 2.05) is 50.1 Å². The number of aliphatic imine (C=N–C) groups is 1. The number of ether oxygens (including phenoxy) is 2. The highest BCUT2D eigenvalue weighted by Crippen LogP contribution is 2.28. The van der Waals surface area contributed by atoms with Crippen molar-refractivity contribution in [2.75, 3.05) is 20.7 Å². The Kier molecular flexibility index (Phi) is 6.57. The summed E-state index contributed by atoms with van der Waals surface area (Å²) < 4.78 is 10.7. The third kappa shape index (κ3) is 5.35. The van der Waals surface area contributed by atoms with Crippen molar-refractivity contribution in [1.82, 2.24) is 4.90 Å². The van der Waals surface area contributed by atoms with Gasteiger partial charge in [-0.3, -0.25) is 0 Å². The molecule has 0 unspecified atom stereocenters. The van der Waals surface area contributed by atoms with Gasteiger partial charge in [0.2, 0.25) is 0 Å². The van der Waals surface area contributed by atoms with Crippen LogP contribution < -0.4 is 4.74 Å². The molecule has 2 aromatic carbocycles. The predicted molar refractivity (Wildman–Crippen MR) is 99.7 cm³/mol. The molecule has 0 aliphatic carbocycles. The zero-order valence-electron chi connectivity index (χ0n) is 15.2. The molecule has 0 amide bonds. The van der Waals surface area contributed by atoms with Crippen LogP contribution in [0.15, 0.2) is 47.5 Å². The molecule has 0 N–H and O–H groups in total. The molecule has 0 bridgehead atoms. The van der Waals surface area contributed by atoms with Gasteiger partial charge in [0.05, 0.1) is 19.0 Å². The largest absolute Gasteiger partial charge is 0.494 e. The van der Waals surface area contributed by atoms with E-state index in [0.29, 0.717) is 17.0 Å². The quantitative estimate of drug-likeness (QED) is 0.435. The summed E-state index contributed by atoms with van der Waals surface area (Å²) in [4.78, 5) is 18.6. The van der Waals surface area contributed by atoms with E-state index < -0.39 is 0 Å². The maximum atomic E-state index is 12.3. The minimum atomic E-state index is -0.389. The lowest BCUT2D eigenvalue weighted by Gasteiger charge is -2.11. The molecule has 0 radical (unpaired) electrons. The lowest BCUT2D eigenvalue weighted by molar-refractivity contribution is 0.0472. The first-order chi connectivity index (χ1) is 12.0. The maximum absolute atomic E-state index is 12.3. The summed E-state index contributed by atoms with van der Waals surface area (Å²) in [6, 6.07) is 13.0. The Labute approximate surface area is 148 Å². The summed E-state index contributed by atoms with van der Waals surface area (Å²) in [6.07, 6.45) is 1.73. The Balaban J connectivity index is 2.06. The highest BCUT2D eigenvalue weighted by atomic mass is 16.5. The topological polar surface area (TPSA) is 51.1 Å². The SMILES string of the molecule is CCN(C)/C=N/c1ccc(C(=O)OCc2ccc(C)cc2)cc1OC. The zero-order chi connectivity index (χ0) is 18.2. The fourth-order valence-electron chi connectivity index (χ4n) is 2.07. The van der Waals surface area contributed by atoms with Crippen LogP contribution >= 0.6 is 0 Å². The molecule has 2 rings (SSSR count). The number of aryl methyl sites for hydroxylation is 1. The van der Waals surface area contributed by atoms with Gasteiger partial charge in [0.25, 0.3) is 0 Å². The maximum Gasteiger partial charge on any atom is 0.338 e. The molecule has 5 heteroatoms. The van der Waals surface area contributed by atoms with Crippen molar-refractivity contribution in [2.24, 2.45) is 4.99 Å². The minimum absolute atomic E-state index is 0.239. The first-order valence-electron chi connectivity index (χ1n) is 8.18. The molecule has 0 fully saturated rings. The second kappa shape index (κ2) is 8.87. The van der Waals surface area contributed by atoms with Crippen LogP contribution in [-0.4, -0.2) is 37.9 Å². The third-order valence-corrected chi connectivity index (χ3v) is 3.80. The first kappa shape index (κ1) is 18.5. The van der Waals surface area contributed by atoms with Crippen molar-refractivity contribution >= 4 is 18.0 Å². The number of nitrogens with zero attached hydrogens (tertiary/aromatic N) is 2. The van der Waals surface area contributed by atoms with E-state index in [9.17, 15) is 4.79 Å². The van der Waals surface area contributed by atoms with Gasteiger partial charge in [-0.05, 0) is 37.6 Å². The number of hydrogen-bond acceptors (Lipinski definition) is 4. The van der Waals surface area contributed by atoms with E-state index in [0.717, 1.165) is 12.1 Å². The number of esters is 1. The molecule has 2 aromatic rings. The van der Waals surface area contributed by atoms with Crippen LogP contribution in [0, 0.1) is 6.92 Å². The van der Waals surface area contributed by atoms with Gasteiger partial charge in [0.1, 0.15) is 18.0 Å². The van der Waals surface area contributed by atoms with Crippen LogP contribution in [0.2, 0.25) is 0 Å². The van der Waals surface area contributed by atoms with Crippen molar-refractivity contribution in [3.8, 4) is 5.75 Å². The van der Waals surface area contributed by atoms with Gasteiger partial charge in [-0.1, -0.05) is 29.8 Å². The van der Waals surface area contributed by atoms with E-state index in [2.05, 4.69) is 4.99 Å². The van der Waals surface area contributed by atoms with Gasteiger partial charge in [-0.25, -0.2) is 9.79 Å². The Morgan fingerprint density at radius 3 is 2.56 bits per heavy atom. The fraction of sp³-hybridized carbons (Fsp3) is 0.300. The molecular weight excluding hydrogens is 316 g/mol. The summed E-state index contributed by atoms with van der Waals surface area (Å²) in [7, 11) is 3.49. The minimum Gasteiger partial charge on any atom is -0.494 e. The van der Waals surface area contributed by atoms with Gasteiger partial charge in [-0.15, -0.1) is 0 Å². The van der Waals surface area contributed by atoms with Gasteiger partial charge >= 0.3 is 5.97 Å². The third-order valence-electron chi connectivity index (χ3n) is 3.80. The molecule has 0 aliphatic heterocycles. The monoisotopic (exact) mass is 340 g/mol. The van der Waals surface area contributed by atoms with E-state index in [-0.39, 0.29) is 12.6 Å². The van der Waals surface area contributed by atoms with E-state index >= 15 is 0 Å². The number of carbonyl (C=O) groups excluding carboxylic acids is 1. The summed E-state index contributed by atoms with van der Waals surface area (Å²) in [6.45, 7) is 5.15. The van der Waals surface area contributed by atoms with E-state index in [1.165, 1.54) is 5.56 Å². The molecule has 0 aliphatic rings. The number of benzene rings is 2. The summed E-state index contributed by atoms with van der Waals surface area (Å²) in [5.74, 6) is 0.144. The van der Waals surface area contributed by atoms with Crippen LogP contribution in [0.4, 0.5) is 5.69 Å². The lowest BCUT2D eigenvalue weighted by atomic mass is 10.1. The summed E-state index contributed by atoms with van der Waals surface area (Å²) in [5.41, 5.74) is 3.23. The Morgan fingerprint density at radius 1 is 1.20 bits per heavy atom. The second-order valence-corrected chi connectivity index (χ2v) is 5.77. The van der Waals surface area contributed by atoms with Gasteiger partial charge < -0.3 is 14.4 Å². The molecule has 0 saturated heterocycles. The van der Waals surface area contributed by atoms with Crippen molar-refractivity contribution in [3.63, 3.8) is 0 Å². The molecular formula is C20H24N2O3. The standard InChI is InChI=1S/C20H24N2O3/c1-5-22(3)14-21-18-11-10-17(12-19(18)24-4)20(23)25-13-16-8-6-15(2)7-9-16/h6-12,14H,5,13H2,1-4H3/b21-14+. The molecule has 5 nitrogen and oxygen atoms in total. The molecule has 25 heavy (non-hydrogen) atoms. The van der Waals surface area contributed by atoms with E-state index in [1.54, 1.807) is 31.6 Å². The van der Waals surface area contributed by atoms with Gasteiger partial charge in [0.15, 0.2) is 0 Å². The van der Waals surface area contributed by atoms with Crippen LogP contribution in [0.1, 0.15) is 28.4 Å². The normalized spacial score (nSPS) is 10.7. The molecule has 132 valence electrons.